The van der Waals surface area contributed by atoms with Crippen molar-refractivity contribution < 1.29 is 9.66 Å². The maximum atomic E-state index is 10.9. The number of hydrogen-bond acceptors (Lipinski definition) is 5. The molecule has 0 fully saturated rings. The molecular weight excluding hydrogens is 270 g/mol. The Labute approximate surface area is 121 Å². The van der Waals surface area contributed by atoms with Crippen molar-refractivity contribution >= 4 is 5.69 Å². The lowest BCUT2D eigenvalue weighted by atomic mass is 10.1. The molecule has 2 aromatic rings. The van der Waals surface area contributed by atoms with E-state index in [1.807, 2.05) is 31.2 Å². The highest BCUT2D eigenvalue weighted by atomic mass is 16.6. The predicted molar refractivity (Wildman–Crippen MR) is 76.0 cm³/mol. The molecule has 6 nitrogen and oxygen atoms in total. The van der Waals surface area contributed by atoms with Crippen molar-refractivity contribution in [2.45, 2.75) is 12.8 Å². The summed E-state index contributed by atoms with van der Waals surface area (Å²) in [4.78, 5) is 14.5. The van der Waals surface area contributed by atoms with Crippen molar-refractivity contribution in [1.82, 2.24) is 4.98 Å². The summed E-state index contributed by atoms with van der Waals surface area (Å²) in [6.45, 7) is 2.22. The van der Waals surface area contributed by atoms with E-state index in [0.29, 0.717) is 0 Å². The van der Waals surface area contributed by atoms with Gasteiger partial charge in [-0.2, -0.15) is 5.26 Å². The van der Waals surface area contributed by atoms with Crippen LogP contribution in [0, 0.1) is 21.4 Å². The summed E-state index contributed by atoms with van der Waals surface area (Å²) in [5.41, 5.74) is 0.553. The van der Waals surface area contributed by atoms with Gasteiger partial charge in [0.15, 0.2) is 5.56 Å². The predicted octanol–water partition coefficient (Wildman–Crippen LogP) is 3.04. The largest absolute Gasteiger partial charge is 0.491 e. The molecule has 0 aliphatic heterocycles. The van der Waals surface area contributed by atoms with E-state index in [9.17, 15) is 10.1 Å². The van der Waals surface area contributed by atoms with Crippen molar-refractivity contribution in [2.24, 2.45) is 0 Å². The van der Waals surface area contributed by atoms with Crippen molar-refractivity contribution in [3.63, 3.8) is 0 Å². The molecule has 0 radical (unpaired) electrons. The molecule has 0 saturated heterocycles. The van der Waals surface area contributed by atoms with Crippen molar-refractivity contribution in [1.29, 1.82) is 5.26 Å². The normalized spacial score (nSPS) is 11.4. The highest BCUT2D eigenvalue weighted by molar-refractivity contribution is 5.56. The van der Waals surface area contributed by atoms with Crippen LogP contribution in [0.25, 0.3) is 0 Å². The summed E-state index contributed by atoms with van der Waals surface area (Å²) in [7, 11) is 0. The summed E-state index contributed by atoms with van der Waals surface area (Å²) in [5.74, 6) is 0.228. The summed E-state index contributed by atoms with van der Waals surface area (Å²) in [6, 6.07) is 11.8. The monoisotopic (exact) mass is 283 g/mol. The van der Waals surface area contributed by atoms with Gasteiger partial charge in [-0.1, -0.05) is 19.1 Å². The van der Waals surface area contributed by atoms with Crippen molar-refractivity contribution in [3.05, 3.63) is 64.0 Å². The first kappa shape index (κ1) is 14.5. The van der Waals surface area contributed by atoms with Crippen LogP contribution in [0.4, 0.5) is 5.69 Å². The zero-order valence-electron chi connectivity index (χ0n) is 11.4. The molecule has 21 heavy (non-hydrogen) atoms. The topological polar surface area (TPSA) is 89.0 Å². The van der Waals surface area contributed by atoms with E-state index in [0.717, 1.165) is 5.69 Å². The number of pyridine rings is 1. The minimum Gasteiger partial charge on any atom is -0.491 e. The number of benzene rings is 1. The number of hydrogen-bond donors (Lipinski definition) is 0. The number of nitrogens with zero attached hydrogens (tertiary/aromatic N) is 3. The molecule has 0 aliphatic carbocycles. The van der Waals surface area contributed by atoms with Gasteiger partial charge in [0.05, 0.1) is 11.5 Å². The summed E-state index contributed by atoms with van der Waals surface area (Å²) in [6.07, 6.45) is 1.69. The number of rotatable bonds is 5. The number of aromatic nitrogens is 1. The lowest BCUT2D eigenvalue weighted by Gasteiger charge is -2.13. The van der Waals surface area contributed by atoms with Gasteiger partial charge in [-0.25, -0.2) is 0 Å². The van der Waals surface area contributed by atoms with E-state index in [1.54, 1.807) is 12.3 Å². The smallest absolute Gasteiger partial charge is 0.290 e. The van der Waals surface area contributed by atoms with Gasteiger partial charge in [-0.3, -0.25) is 15.1 Å². The number of nitro groups is 1. The van der Waals surface area contributed by atoms with E-state index in [4.69, 9.17) is 10.00 Å². The second kappa shape index (κ2) is 6.48. The van der Waals surface area contributed by atoms with Crippen LogP contribution in [0.3, 0.4) is 0 Å². The van der Waals surface area contributed by atoms with Gasteiger partial charge >= 0.3 is 0 Å². The van der Waals surface area contributed by atoms with Crippen LogP contribution in [-0.4, -0.2) is 16.5 Å². The molecular formula is C15H13N3O3. The first-order valence-corrected chi connectivity index (χ1v) is 6.34. The fourth-order valence-electron chi connectivity index (χ4n) is 1.87. The first-order valence-electron chi connectivity index (χ1n) is 6.34. The van der Waals surface area contributed by atoms with Crippen LogP contribution >= 0.6 is 0 Å². The Hall–Kier alpha value is -2.94. The highest BCUT2D eigenvalue weighted by Crippen LogP contribution is 2.28. The molecule has 0 amide bonds. The van der Waals surface area contributed by atoms with Gasteiger partial charge in [0.2, 0.25) is 0 Å². The molecule has 1 aromatic carbocycles. The summed E-state index contributed by atoms with van der Waals surface area (Å²) < 4.78 is 5.57. The quantitative estimate of drug-likeness (QED) is 0.621. The molecule has 1 aromatic heterocycles. The third-order valence-corrected chi connectivity index (χ3v) is 2.99. The lowest BCUT2D eigenvalue weighted by molar-refractivity contribution is -0.385. The van der Waals surface area contributed by atoms with E-state index < -0.39 is 4.92 Å². The van der Waals surface area contributed by atoms with Gasteiger partial charge in [0.25, 0.3) is 5.69 Å². The van der Waals surface area contributed by atoms with Crippen molar-refractivity contribution in [3.8, 4) is 11.8 Å². The van der Waals surface area contributed by atoms with E-state index in [-0.39, 0.29) is 29.5 Å². The van der Waals surface area contributed by atoms with Crippen LogP contribution in [0.5, 0.6) is 5.75 Å². The summed E-state index contributed by atoms with van der Waals surface area (Å²) in [5, 5.41) is 20.0. The average Bonchev–Trinajstić information content (AvgIpc) is 2.52. The zero-order valence-corrected chi connectivity index (χ0v) is 11.4. The Morgan fingerprint density at radius 3 is 2.81 bits per heavy atom. The molecule has 1 unspecified atom stereocenters. The Morgan fingerprint density at radius 2 is 2.19 bits per heavy atom. The molecule has 106 valence electrons. The van der Waals surface area contributed by atoms with Gasteiger partial charge in [0, 0.05) is 23.9 Å². The van der Waals surface area contributed by atoms with Crippen LogP contribution in [0.15, 0.2) is 42.6 Å². The van der Waals surface area contributed by atoms with E-state index >= 15 is 0 Å². The fraction of sp³-hybridized carbons (Fsp3) is 0.200. The van der Waals surface area contributed by atoms with E-state index in [2.05, 4.69) is 4.98 Å². The Bertz CT molecular complexity index is 680. The van der Waals surface area contributed by atoms with Crippen LogP contribution < -0.4 is 4.74 Å². The molecule has 1 atom stereocenters. The maximum absolute atomic E-state index is 10.9. The van der Waals surface area contributed by atoms with Crippen molar-refractivity contribution in [2.75, 3.05) is 6.61 Å². The van der Waals surface area contributed by atoms with Crippen LogP contribution in [0.1, 0.15) is 24.1 Å². The minimum atomic E-state index is -0.590. The molecule has 0 N–H and O–H groups in total. The third kappa shape index (κ3) is 3.34. The molecule has 0 bridgehead atoms. The second-order valence-electron chi connectivity index (χ2n) is 4.49. The second-order valence-corrected chi connectivity index (χ2v) is 4.49. The van der Waals surface area contributed by atoms with Crippen LogP contribution in [-0.2, 0) is 0 Å². The number of nitriles is 1. The molecule has 1 heterocycles. The molecule has 2 rings (SSSR count). The fourth-order valence-corrected chi connectivity index (χ4v) is 1.87. The van der Waals surface area contributed by atoms with E-state index in [1.165, 1.54) is 12.1 Å². The minimum absolute atomic E-state index is 0.0111. The average molecular weight is 283 g/mol. The SMILES string of the molecule is CC(COc1cccc([N+](=O)[O-])c1C#N)c1ccccn1. The van der Waals surface area contributed by atoms with Gasteiger partial charge in [-0.15, -0.1) is 0 Å². The molecule has 0 saturated carbocycles. The number of ether oxygens (including phenoxy) is 1. The first-order chi connectivity index (χ1) is 10.1. The third-order valence-electron chi connectivity index (χ3n) is 2.99. The Morgan fingerprint density at radius 1 is 1.38 bits per heavy atom. The van der Waals surface area contributed by atoms with Gasteiger partial charge in [-0.05, 0) is 18.2 Å². The zero-order chi connectivity index (χ0) is 15.2. The van der Waals surface area contributed by atoms with Crippen LogP contribution in [0.2, 0.25) is 0 Å². The molecule has 0 aliphatic rings. The summed E-state index contributed by atoms with van der Waals surface area (Å²) >= 11 is 0. The van der Waals surface area contributed by atoms with Gasteiger partial charge in [0.1, 0.15) is 11.8 Å². The van der Waals surface area contributed by atoms with Gasteiger partial charge < -0.3 is 4.74 Å². The Kier molecular flexibility index (Phi) is 4.46. The maximum Gasteiger partial charge on any atom is 0.290 e. The lowest BCUT2D eigenvalue weighted by Crippen LogP contribution is -2.09. The Balaban J connectivity index is 2.16. The highest BCUT2D eigenvalue weighted by Gasteiger charge is 2.19. The standard InChI is InChI=1S/C15H13N3O3/c1-11(13-5-2-3-8-17-13)10-21-15-7-4-6-14(18(19)20)12(15)9-16/h2-8,11H,10H2,1H3. The number of nitro benzene ring substituents is 1. The molecule has 6 heteroatoms. The molecule has 0 spiro atoms.